The van der Waals surface area contributed by atoms with Gasteiger partial charge in [-0.2, -0.15) is 0 Å². The average molecular weight is 302 g/mol. The predicted octanol–water partition coefficient (Wildman–Crippen LogP) is 3.65. The molecule has 0 aliphatic heterocycles. The van der Waals surface area contributed by atoms with Crippen LogP contribution in [0, 0.1) is 18.6 Å². The molecule has 0 saturated heterocycles. The zero-order chi connectivity index (χ0) is 15.9. The number of nitrogens with one attached hydrogen (secondary N) is 1. The number of primary amides is 1. The molecule has 0 saturated carbocycles. The second-order valence-corrected chi connectivity index (χ2v) is 4.86. The number of H-pyrrole nitrogens is 1. The molecule has 3 aromatic rings. The Bertz CT molecular complexity index is 887. The Morgan fingerprint density at radius 2 is 1.95 bits per heavy atom. The van der Waals surface area contributed by atoms with Crippen molar-refractivity contribution in [1.82, 2.24) is 4.98 Å². The van der Waals surface area contributed by atoms with Crippen molar-refractivity contribution < 1.29 is 18.3 Å². The molecular formula is C16H12F2N2O2. The van der Waals surface area contributed by atoms with Crippen LogP contribution in [0.5, 0.6) is 11.5 Å². The Labute approximate surface area is 124 Å². The number of aromatic nitrogens is 1. The average Bonchev–Trinajstić information content (AvgIpc) is 2.93. The van der Waals surface area contributed by atoms with E-state index >= 15 is 0 Å². The summed E-state index contributed by atoms with van der Waals surface area (Å²) < 4.78 is 33.1. The second-order valence-electron chi connectivity index (χ2n) is 4.86. The molecule has 22 heavy (non-hydrogen) atoms. The van der Waals surface area contributed by atoms with Gasteiger partial charge in [0.1, 0.15) is 11.6 Å². The number of fused-ring (bicyclic) bond motifs is 1. The number of hydrogen-bond donors (Lipinski definition) is 2. The standard InChI is InChI=1S/C16H12F2N2O2/c1-8-10-4-5-20-14(10)7-13(18)15(8)22-9-2-3-12(17)11(6-9)16(19)21/h2-7,20H,1H3,(H2,19,21). The zero-order valence-electron chi connectivity index (χ0n) is 11.6. The van der Waals surface area contributed by atoms with Gasteiger partial charge in [-0.1, -0.05) is 0 Å². The van der Waals surface area contributed by atoms with Gasteiger partial charge in [-0.05, 0) is 31.2 Å². The number of nitrogens with two attached hydrogens (primary N) is 1. The molecule has 0 atom stereocenters. The summed E-state index contributed by atoms with van der Waals surface area (Å²) in [7, 11) is 0. The highest BCUT2D eigenvalue weighted by molar-refractivity contribution is 5.93. The third kappa shape index (κ3) is 2.28. The van der Waals surface area contributed by atoms with E-state index in [1.165, 1.54) is 12.1 Å². The van der Waals surface area contributed by atoms with Gasteiger partial charge in [-0.3, -0.25) is 4.79 Å². The first-order valence-corrected chi connectivity index (χ1v) is 6.51. The molecule has 0 radical (unpaired) electrons. The lowest BCUT2D eigenvalue weighted by Crippen LogP contribution is -2.13. The van der Waals surface area contributed by atoms with Gasteiger partial charge < -0.3 is 15.5 Å². The minimum atomic E-state index is -0.916. The normalized spacial score (nSPS) is 10.9. The zero-order valence-corrected chi connectivity index (χ0v) is 11.6. The summed E-state index contributed by atoms with van der Waals surface area (Å²) in [6.07, 6.45) is 1.70. The molecule has 1 amide bonds. The third-order valence-corrected chi connectivity index (χ3v) is 3.43. The summed E-state index contributed by atoms with van der Waals surface area (Å²) in [5, 5.41) is 0.814. The van der Waals surface area contributed by atoms with E-state index in [1.54, 1.807) is 19.2 Å². The molecule has 0 aliphatic rings. The van der Waals surface area contributed by atoms with Crippen molar-refractivity contribution in [2.24, 2.45) is 5.73 Å². The molecule has 112 valence electrons. The van der Waals surface area contributed by atoms with Crippen LogP contribution < -0.4 is 10.5 Å². The number of aromatic amines is 1. The van der Waals surface area contributed by atoms with E-state index in [4.69, 9.17) is 10.5 Å². The fraction of sp³-hybridized carbons (Fsp3) is 0.0625. The van der Waals surface area contributed by atoms with Gasteiger partial charge in [-0.15, -0.1) is 0 Å². The van der Waals surface area contributed by atoms with Crippen molar-refractivity contribution in [3.05, 3.63) is 59.3 Å². The Balaban J connectivity index is 2.06. The highest BCUT2D eigenvalue weighted by atomic mass is 19.1. The molecule has 0 bridgehead atoms. The Morgan fingerprint density at radius 3 is 2.68 bits per heavy atom. The summed E-state index contributed by atoms with van der Waals surface area (Å²) in [5.41, 5.74) is 6.03. The smallest absolute Gasteiger partial charge is 0.251 e. The van der Waals surface area contributed by atoms with Crippen LogP contribution >= 0.6 is 0 Å². The van der Waals surface area contributed by atoms with E-state index in [2.05, 4.69) is 4.98 Å². The monoisotopic (exact) mass is 302 g/mol. The largest absolute Gasteiger partial charge is 0.454 e. The molecule has 0 spiro atoms. The summed E-state index contributed by atoms with van der Waals surface area (Å²) >= 11 is 0. The first-order chi connectivity index (χ1) is 10.5. The van der Waals surface area contributed by atoms with Crippen LogP contribution in [0.3, 0.4) is 0 Å². The minimum Gasteiger partial charge on any atom is -0.454 e. The summed E-state index contributed by atoms with van der Waals surface area (Å²) in [6, 6.07) is 6.63. The van der Waals surface area contributed by atoms with Crippen LogP contribution in [-0.4, -0.2) is 10.9 Å². The van der Waals surface area contributed by atoms with Gasteiger partial charge in [0.15, 0.2) is 11.6 Å². The number of carbonyl (C=O) groups is 1. The fourth-order valence-corrected chi connectivity index (χ4v) is 2.32. The quantitative estimate of drug-likeness (QED) is 0.775. The second kappa shape index (κ2) is 5.14. The van der Waals surface area contributed by atoms with Crippen LogP contribution in [0.4, 0.5) is 8.78 Å². The van der Waals surface area contributed by atoms with Crippen LogP contribution in [0.2, 0.25) is 0 Å². The van der Waals surface area contributed by atoms with Gasteiger partial charge in [0.25, 0.3) is 5.91 Å². The number of ether oxygens (including phenoxy) is 1. The molecule has 0 aliphatic carbocycles. The van der Waals surface area contributed by atoms with Crippen LogP contribution in [0.15, 0.2) is 36.5 Å². The van der Waals surface area contributed by atoms with E-state index in [9.17, 15) is 13.6 Å². The lowest BCUT2D eigenvalue weighted by molar-refractivity contribution is 0.0996. The summed E-state index contributed by atoms with van der Waals surface area (Å²) in [4.78, 5) is 14.1. The molecule has 2 aromatic carbocycles. The minimum absolute atomic E-state index is 0.0223. The molecule has 1 heterocycles. The molecule has 6 heteroatoms. The Morgan fingerprint density at radius 1 is 1.18 bits per heavy atom. The van der Waals surface area contributed by atoms with Crippen molar-refractivity contribution in [2.75, 3.05) is 0 Å². The summed E-state index contributed by atoms with van der Waals surface area (Å²) in [5.74, 6) is -2.07. The lowest BCUT2D eigenvalue weighted by atomic mass is 10.1. The van der Waals surface area contributed by atoms with Gasteiger partial charge >= 0.3 is 0 Å². The molecule has 3 N–H and O–H groups in total. The summed E-state index contributed by atoms with van der Waals surface area (Å²) in [6.45, 7) is 1.72. The van der Waals surface area contributed by atoms with E-state index in [1.807, 2.05) is 0 Å². The van der Waals surface area contributed by atoms with Crippen LogP contribution in [0.1, 0.15) is 15.9 Å². The van der Waals surface area contributed by atoms with Crippen molar-refractivity contribution >= 4 is 16.8 Å². The van der Waals surface area contributed by atoms with Crippen LogP contribution in [-0.2, 0) is 0 Å². The molecule has 4 nitrogen and oxygen atoms in total. The maximum absolute atomic E-state index is 14.2. The Hall–Kier alpha value is -2.89. The molecule has 3 rings (SSSR count). The number of carbonyl (C=O) groups excluding carboxylic acids is 1. The van der Waals surface area contributed by atoms with Gasteiger partial charge in [0, 0.05) is 28.7 Å². The maximum atomic E-state index is 14.2. The van der Waals surface area contributed by atoms with Crippen LogP contribution in [0.25, 0.3) is 10.9 Å². The maximum Gasteiger partial charge on any atom is 0.251 e. The number of halogens is 2. The first-order valence-electron chi connectivity index (χ1n) is 6.51. The number of hydrogen-bond acceptors (Lipinski definition) is 2. The van der Waals surface area contributed by atoms with E-state index in [0.29, 0.717) is 11.1 Å². The third-order valence-electron chi connectivity index (χ3n) is 3.43. The SMILES string of the molecule is Cc1c(Oc2ccc(F)c(C(N)=O)c2)c(F)cc2[nH]ccc12. The molecular weight excluding hydrogens is 290 g/mol. The van der Waals surface area contributed by atoms with E-state index in [-0.39, 0.29) is 17.1 Å². The van der Waals surface area contributed by atoms with Crippen molar-refractivity contribution in [1.29, 1.82) is 0 Å². The predicted molar refractivity (Wildman–Crippen MR) is 78.0 cm³/mol. The van der Waals surface area contributed by atoms with Crippen molar-refractivity contribution in [3.63, 3.8) is 0 Å². The number of amides is 1. The highest BCUT2D eigenvalue weighted by Crippen LogP contribution is 2.33. The number of rotatable bonds is 3. The number of benzene rings is 2. The Kier molecular flexibility index (Phi) is 3.29. The number of aryl methyl sites for hydroxylation is 1. The molecule has 0 unspecified atom stereocenters. The topological polar surface area (TPSA) is 68.1 Å². The van der Waals surface area contributed by atoms with E-state index in [0.717, 1.165) is 17.5 Å². The molecule has 0 fully saturated rings. The highest BCUT2D eigenvalue weighted by Gasteiger charge is 2.15. The van der Waals surface area contributed by atoms with E-state index < -0.39 is 17.5 Å². The van der Waals surface area contributed by atoms with Crippen molar-refractivity contribution in [3.8, 4) is 11.5 Å². The molecule has 1 aromatic heterocycles. The fourth-order valence-electron chi connectivity index (χ4n) is 2.32. The van der Waals surface area contributed by atoms with Gasteiger partial charge in [0.05, 0.1) is 5.56 Å². The van der Waals surface area contributed by atoms with Gasteiger partial charge in [0.2, 0.25) is 0 Å². The first kappa shape index (κ1) is 14.1. The lowest BCUT2D eigenvalue weighted by Gasteiger charge is -2.11. The van der Waals surface area contributed by atoms with Crippen molar-refractivity contribution in [2.45, 2.75) is 6.92 Å². The van der Waals surface area contributed by atoms with Gasteiger partial charge in [-0.25, -0.2) is 8.78 Å².